The summed E-state index contributed by atoms with van der Waals surface area (Å²) >= 11 is 0. The second kappa shape index (κ2) is 6.81. The summed E-state index contributed by atoms with van der Waals surface area (Å²) in [7, 11) is 3.31. The highest BCUT2D eigenvalue weighted by molar-refractivity contribution is 4.94. The topological polar surface area (TPSA) is 9.23 Å². The number of unbranched alkanes of at least 4 members (excludes halogenated alkanes) is 1. The van der Waals surface area contributed by atoms with Crippen molar-refractivity contribution in [3.8, 4) is 0 Å². The Morgan fingerprint density at radius 2 is 2.20 bits per heavy atom. The molecule has 0 heterocycles. The Morgan fingerprint density at radius 1 is 1.50 bits per heavy atom. The van der Waals surface area contributed by atoms with Gasteiger partial charge in [-0.05, 0) is 33.1 Å². The van der Waals surface area contributed by atoms with Crippen molar-refractivity contribution in [2.24, 2.45) is 0 Å². The van der Waals surface area contributed by atoms with E-state index in [-0.39, 0.29) is 0 Å². The summed E-state index contributed by atoms with van der Waals surface area (Å²) in [5.41, 5.74) is 1.46. The van der Waals surface area contributed by atoms with Gasteiger partial charge in [-0.2, -0.15) is 0 Å². The van der Waals surface area contributed by atoms with E-state index >= 15 is 0 Å². The van der Waals surface area contributed by atoms with Crippen LogP contribution in [0.1, 0.15) is 33.1 Å². The van der Waals surface area contributed by atoms with Gasteiger partial charge in [0.15, 0.2) is 0 Å². The Morgan fingerprint density at radius 3 is 2.70 bits per heavy atom. The zero-order valence-corrected chi connectivity index (χ0v) is 7.02. The fraction of sp³-hybridized carbons (Fsp3) is 0.667. The van der Waals surface area contributed by atoms with Crippen LogP contribution < -0.4 is 0 Å². The minimum Gasteiger partial charge on any atom is -0.379 e. The maximum absolute atomic E-state index is 4.69. The van der Waals surface area contributed by atoms with Crippen LogP contribution in [0.25, 0.3) is 0 Å². The van der Waals surface area contributed by atoms with Crippen molar-refractivity contribution in [2.75, 3.05) is 6.61 Å². The summed E-state index contributed by atoms with van der Waals surface area (Å²) in [4.78, 5) is 0. The standard InChI is InChI=1S/C9H17O/c1-4-9(2)7-5-6-8-10-3/h4H,3,5-8H2,1-2H3. The molecule has 0 aromatic carbocycles. The van der Waals surface area contributed by atoms with E-state index < -0.39 is 0 Å². The van der Waals surface area contributed by atoms with Gasteiger partial charge in [-0.3, -0.25) is 0 Å². The van der Waals surface area contributed by atoms with Gasteiger partial charge < -0.3 is 4.74 Å². The first kappa shape index (κ1) is 9.70. The Bertz CT molecular complexity index is 94.9. The summed E-state index contributed by atoms with van der Waals surface area (Å²) in [5.74, 6) is 0. The van der Waals surface area contributed by atoms with Gasteiger partial charge in [-0.15, -0.1) is 0 Å². The average Bonchev–Trinajstić information content (AvgIpc) is 1.98. The molecule has 1 nitrogen and oxygen atoms in total. The second-order valence-electron chi connectivity index (χ2n) is 2.50. The molecular weight excluding hydrogens is 124 g/mol. The molecule has 1 radical (unpaired) electrons. The molecule has 59 valence electrons. The van der Waals surface area contributed by atoms with Crippen LogP contribution in [0.4, 0.5) is 0 Å². The molecule has 0 saturated heterocycles. The van der Waals surface area contributed by atoms with Gasteiger partial charge in [0.1, 0.15) is 0 Å². The fourth-order valence-electron chi connectivity index (χ4n) is 0.752. The van der Waals surface area contributed by atoms with E-state index in [1.54, 1.807) is 0 Å². The lowest BCUT2D eigenvalue weighted by Gasteiger charge is -1.99. The molecule has 1 heteroatoms. The van der Waals surface area contributed by atoms with Crippen molar-refractivity contribution < 1.29 is 4.74 Å². The summed E-state index contributed by atoms with van der Waals surface area (Å²) < 4.78 is 4.69. The summed E-state index contributed by atoms with van der Waals surface area (Å²) in [6.07, 6.45) is 5.69. The van der Waals surface area contributed by atoms with E-state index in [9.17, 15) is 0 Å². The monoisotopic (exact) mass is 141 g/mol. The van der Waals surface area contributed by atoms with Crippen LogP contribution in [-0.2, 0) is 4.74 Å². The number of hydrogen-bond acceptors (Lipinski definition) is 1. The molecule has 0 atom stereocenters. The Kier molecular flexibility index (Phi) is 6.61. The highest BCUT2D eigenvalue weighted by atomic mass is 16.5. The van der Waals surface area contributed by atoms with Crippen LogP contribution in [0.5, 0.6) is 0 Å². The third-order valence-corrected chi connectivity index (χ3v) is 1.60. The molecule has 0 bridgehead atoms. The van der Waals surface area contributed by atoms with Gasteiger partial charge in [0.2, 0.25) is 0 Å². The molecule has 0 rings (SSSR count). The van der Waals surface area contributed by atoms with Gasteiger partial charge in [0.25, 0.3) is 0 Å². The van der Waals surface area contributed by atoms with Gasteiger partial charge in [0.05, 0.1) is 7.11 Å². The molecule has 0 N–H and O–H groups in total. The van der Waals surface area contributed by atoms with E-state index in [0.717, 1.165) is 13.0 Å². The zero-order chi connectivity index (χ0) is 7.82. The number of rotatable bonds is 5. The molecule has 0 aromatic rings. The molecule has 0 aliphatic rings. The average molecular weight is 141 g/mol. The lowest BCUT2D eigenvalue weighted by atomic mass is 10.1. The van der Waals surface area contributed by atoms with Crippen LogP contribution in [0.15, 0.2) is 11.6 Å². The summed E-state index contributed by atoms with van der Waals surface area (Å²) in [6.45, 7) is 5.02. The van der Waals surface area contributed by atoms with Crippen LogP contribution in [0.2, 0.25) is 0 Å². The molecule has 0 saturated carbocycles. The molecule has 0 aliphatic carbocycles. The van der Waals surface area contributed by atoms with Gasteiger partial charge in [0, 0.05) is 6.61 Å². The number of hydrogen-bond donors (Lipinski definition) is 0. The summed E-state index contributed by atoms with van der Waals surface area (Å²) in [6, 6.07) is 0. The Balaban J connectivity index is 3.04. The molecule has 0 fully saturated rings. The predicted molar refractivity (Wildman–Crippen MR) is 44.6 cm³/mol. The van der Waals surface area contributed by atoms with Crippen LogP contribution >= 0.6 is 0 Å². The van der Waals surface area contributed by atoms with Crippen LogP contribution in [-0.4, -0.2) is 6.61 Å². The first-order valence-electron chi connectivity index (χ1n) is 3.80. The molecule has 0 amide bonds. The minimum atomic E-state index is 0.789. The first-order valence-corrected chi connectivity index (χ1v) is 3.80. The van der Waals surface area contributed by atoms with E-state index in [1.165, 1.54) is 18.4 Å². The smallest absolute Gasteiger partial charge is 0.0700 e. The van der Waals surface area contributed by atoms with Crippen molar-refractivity contribution in [2.45, 2.75) is 33.1 Å². The first-order chi connectivity index (χ1) is 4.81. The van der Waals surface area contributed by atoms with E-state index in [2.05, 4.69) is 31.8 Å². The van der Waals surface area contributed by atoms with E-state index in [0.29, 0.717) is 0 Å². The normalized spacial score (nSPS) is 12.1. The molecule has 0 aromatic heterocycles. The van der Waals surface area contributed by atoms with Crippen molar-refractivity contribution in [1.82, 2.24) is 0 Å². The van der Waals surface area contributed by atoms with Crippen molar-refractivity contribution in [3.05, 3.63) is 18.8 Å². The van der Waals surface area contributed by atoms with Crippen LogP contribution in [0, 0.1) is 7.11 Å². The Labute approximate surface area is 64.1 Å². The van der Waals surface area contributed by atoms with Gasteiger partial charge in [-0.1, -0.05) is 11.6 Å². The highest BCUT2D eigenvalue weighted by Gasteiger charge is 1.88. The third kappa shape index (κ3) is 5.83. The lowest BCUT2D eigenvalue weighted by Crippen LogP contribution is -1.86. The number of ether oxygens (including phenoxy) is 1. The van der Waals surface area contributed by atoms with E-state index in [1.807, 2.05) is 0 Å². The summed E-state index contributed by atoms with van der Waals surface area (Å²) in [5, 5.41) is 0. The molecular formula is C9H17O. The largest absolute Gasteiger partial charge is 0.379 e. The van der Waals surface area contributed by atoms with Gasteiger partial charge in [-0.25, -0.2) is 0 Å². The highest BCUT2D eigenvalue weighted by Crippen LogP contribution is 2.05. The quantitative estimate of drug-likeness (QED) is 0.422. The third-order valence-electron chi connectivity index (χ3n) is 1.60. The molecule has 0 aliphatic heterocycles. The van der Waals surface area contributed by atoms with Crippen molar-refractivity contribution in [1.29, 1.82) is 0 Å². The van der Waals surface area contributed by atoms with Crippen molar-refractivity contribution in [3.63, 3.8) is 0 Å². The van der Waals surface area contributed by atoms with Crippen LogP contribution in [0.3, 0.4) is 0 Å². The predicted octanol–water partition coefficient (Wildman–Crippen LogP) is 2.93. The Hall–Kier alpha value is -0.300. The fourth-order valence-corrected chi connectivity index (χ4v) is 0.752. The molecule has 10 heavy (non-hydrogen) atoms. The number of allylic oxidation sites excluding steroid dienone is 2. The maximum atomic E-state index is 4.69. The van der Waals surface area contributed by atoms with Gasteiger partial charge >= 0.3 is 0 Å². The van der Waals surface area contributed by atoms with E-state index in [4.69, 9.17) is 0 Å². The minimum absolute atomic E-state index is 0.789. The maximum Gasteiger partial charge on any atom is 0.0700 e. The second-order valence-corrected chi connectivity index (χ2v) is 2.50. The zero-order valence-electron chi connectivity index (χ0n) is 7.02. The van der Waals surface area contributed by atoms with Crippen molar-refractivity contribution >= 4 is 0 Å². The lowest BCUT2D eigenvalue weighted by molar-refractivity contribution is 0.235. The molecule has 0 spiro atoms. The molecule has 0 unspecified atom stereocenters. The SMILES string of the molecule is [CH2]OCCCCC(C)=CC.